The average Bonchev–Trinajstić information content (AvgIpc) is 2.70. The van der Waals surface area contributed by atoms with Crippen LogP contribution in [0.2, 0.25) is 0 Å². The Morgan fingerprint density at radius 2 is 2.22 bits per heavy atom. The van der Waals surface area contributed by atoms with Crippen molar-refractivity contribution in [2.24, 2.45) is 0 Å². The summed E-state index contributed by atoms with van der Waals surface area (Å²) in [5, 5.41) is 11.2. The van der Waals surface area contributed by atoms with Crippen molar-refractivity contribution in [3.63, 3.8) is 0 Å². The zero-order valence-corrected chi connectivity index (χ0v) is 9.56. The molecule has 2 rings (SSSR count). The molecule has 0 atom stereocenters. The second-order valence-corrected chi connectivity index (χ2v) is 3.71. The molecular formula is C10H11N5O3. The lowest BCUT2D eigenvalue weighted by Gasteiger charge is -2.05. The molecule has 3 N–H and O–H groups in total. The van der Waals surface area contributed by atoms with Crippen molar-refractivity contribution in [1.29, 1.82) is 0 Å². The van der Waals surface area contributed by atoms with E-state index in [4.69, 9.17) is 0 Å². The van der Waals surface area contributed by atoms with Crippen LogP contribution >= 0.6 is 0 Å². The first-order valence-electron chi connectivity index (χ1n) is 5.16. The standard InChI is InChI=1S/C10H11N5O3/c1-6-4-11-13-10(6)12-8(17)5-15-9(18)3-2-7(16)14-15/h2-4H,5H2,1H3,(H,14,16)(H2,11,12,13,17). The molecule has 2 aromatic rings. The van der Waals surface area contributed by atoms with E-state index in [1.165, 1.54) is 0 Å². The number of nitrogens with zero attached hydrogens (tertiary/aromatic N) is 2. The Morgan fingerprint density at radius 3 is 2.89 bits per heavy atom. The van der Waals surface area contributed by atoms with Crippen molar-refractivity contribution in [2.45, 2.75) is 13.5 Å². The van der Waals surface area contributed by atoms with Gasteiger partial charge in [-0.3, -0.25) is 24.6 Å². The Labute approximate surface area is 101 Å². The number of carbonyl (C=O) groups excluding carboxylic acids is 1. The van der Waals surface area contributed by atoms with Gasteiger partial charge in [0.1, 0.15) is 12.4 Å². The third kappa shape index (κ3) is 2.54. The second kappa shape index (κ2) is 4.70. The smallest absolute Gasteiger partial charge is 0.265 e. The van der Waals surface area contributed by atoms with E-state index < -0.39 is 17.0 Å². The molecule has 0 aliphatic heterocycles. The summed E-state index contributed by atoms with van der Waals surface area (Å²) in [6, 6.07) is 2.21. The predicted octanol–water partition coefficient (Wildman–Crippen LogP) is -0.793. The van der Waals surface area contributed by atoms with Gasteiger partial charge in [0.25, 0.3) is 11.1 Å². The number of aromatic amines is 2. The Bertz CT molecular complexity index is 681. The summed E-state index contributed by atoms with van der Waals surface area (Å²) < 4.78 is 0.934. The van der Waals surface area contributed by atoms with Gasteiger partial charge in [-0.2, -0.15) is 5.10 Å². The lowest BCUT2D eigenvalue weighted by molar-refractivity contribution is -0.117. The summed E-state index contributed by atoms with van der Waals surface area (Å²) in [5.74, 6) is 0.0256. The average molecular weight is 249 g/mol. The molecule has 0 aromatic carbocycles. The minimum absolute atomic E-state index is 0.270. The van der Waals surface area contributed by atoms with Crippen LogP contribution in [-0.4, -0.2) is 25.9 Å². The maximum Gasteiger partial charge on any atom is 0.265 e. The number of carbonyl (C=O) groups is 1. The minimum atomic E-state index is -0.453. The van der Waals surface area contributed by atoms with E-state index in [9.17, 15) is 14.4 Å². The Morgan fingerprint density at radius 1 is 1.44 bits per heavy atom. The molecular weight excluding hydrogens is 238 g/mol. The molecule has 0 aliphatic rings. The fourth-order valence-corrected chi connectivity index (χ4v) is 1.38. The van der Waals surface area contributed by atoms with Crippen LogP contribution in [0.25, 0.3) is 0 Å². The van der Waals surface area contributed by atoms with E-state index in [1.807, 2.05) is 0 Å². The molecule has 0 saturated heterocycles. The van der Waals surface area contributed by atoms with Crippen molar-refractivity contribution in [2.75, 3.05) is 5.32 Å². The molecule has 0 bridgehead atoms. The fraction of sp³-hybridized carbons (Fsp3) is 0.200. The van der Waals surface area contributed by atoms with E-state index in [1.54, 1.807) is 13.1 Å². The third-order valence-electron chi connectivity index (χ3n) is 2.28. The number of rotatable bonds is 3. The number of hydrogen-bond acceptors (Lipinski definition) is 4. The summed E-state index contributed by atoms with van der Waals surface area (Å²) in [4.78, 5) is 34.1. The number of aryl methyl sites for hydroxylation is 1. The molecule has 0 saturated carbocycles. The van der Waals surface area contributed by atoms with Gasteiger partial charge in [0.15, 0.2) is 0 Å². The first kappa shape index (κ1) is 11.8. The molecule has 0 aliphatic carbocycles. The van der Waals surface area contributed by atoms with Crippen LogP contribution in [-0.2, 0) is 11.3 Å². The van der Waals surface area contributed by atoms with Gasteiger partial charge in [-0.05, 0) is 6.92 Å². The topological polar surface area (TPSA) is 113 Å². The van der Waals surface area contributed by atoms with Crippen molar-refractivity contribution in [3.8, 4) is 0 Å². The molecule has 0 radical (unpaired) electrons. The summed E-state index contributed by atoms with van der Waals surface area (Å²) in [7, 11) is 0. The first-order chi connectivity index (χ1) is 8.56. The monoisotopic (exact) mass is 249 g/mol. The minimum Gasteiger partial charge on any atom is -0.309 e. The van der Waals surface area contributed by atoms with Crippen molar-refractivity contribution in [3.05, 3.63) is 44.6 Å². The summed E-state index contributed by atoms with van der Waals surface area (Å²) >= 11 is 0. The zero-order chi connectivity index (χ0) is 13.1. The van der Waals surface area contributed by atoms with Gasteiger partial charge in [-0.1, -0.05) is 0 Å². The maximum atomic E-state index is 11.7. The van der Waals surface area contributed by atoms with E-state index in [2.05, 4.69) is 20.6 Å². The van der Waals surface area contributed by atoms with Gasteiger partial charge >= 0.3 is 0 Å². The maximum absolute atomic E-state index is 11.7. The highest BCUT2D eigenvalue weighted by Gasteiger charge is 2.08. The number of hydrogen-bond donors (Lipinski definition) is 3. The van der Waals surface area contributed by atoms with Crippen LogP contribution < -0.4 is 16.4 Å². The van der Waals surface area contributed by atoms with E-state index >= 15 is 0 Å². The Kier molecular flexibility index (Phi) is 3.09. The van der Waals surface area contributed by atoms with Crippen LogP contribution in [0.1, 0.15) is 5.56 Å². The van der Waals surface area contributed by atoms with Crippen LogP contribution in [0.5, 0.6) is 0 Å². The summed E-state index contributed by atoms with van der Waals surface area (Å²) in [6.07, 6.45) is 1.56. The molecule has 0 spiro atoms. The van der Waals surface area contributed by atoms with E-state index in [-0.39, 0.29) is 6.54 Å². The summed E-state index contributed by atoms with van der Waals surface area (Å²) in [6.45, 7) is 1.50. The van der Waals surface area contributed by atoms with Crippen molar-refractivity contribution >= 4 is 11.7 Å². The normalized spacial score (nSPS) is 10.3. The van der Waals surface area contributed by atoms with E-state index in [0.717, 1.165) is 22.4 Å². The number of nitrogens with one attached hydrogen (secondary N) is 3. The van der Waals surface area contributed by atoms with Gasteiger partial charge in [-0.25, -0.2) is 4.68 Å². The fourth-order valence-electron chi connectivity index (χ4n) is 1.38. The van der Waals surface area contributed by atoms with Crippen LogP contribution in [0.15, 0.2) is 27.9 Å². The van der Waals surface area contributed by atoms with Crippen LogP contribution in [0, 0.1) is 6.92 Å². The predicted molar refractivity (Wildman–Crippen MR) is 63.3 cm³/mol. The molecule has 0 fully saturated rings. The first-order valence-corrected chi connectivity index (χ1v) is 5.16. The SMILES string of the molecule is Cc1cn[nH]c1NC(=O)Cn1[nH]c(=O)ccc1=O. The molecule has 2 aromatic heterocycles. The second-order valence-electron chi connectivity index (χ2n) is 3.71. The van der Waals surface area contributed by atoms with Crippen LogP contribution in [0.3, 0.4) is 0 Å². The van der Waals surface area contributed by atoms with E-state index in [0.29, 0.717) is 5.82 Å². The molecule has 8 nitrogen and oxygen atoms in total. The lowest BCUT2D eigenvalue weighted by Crippen LogP contribution is -2.33. The number of amides is 1. The molecule has 18 heavy (non-hydrogen) atoms. The van der Waals surface area contributed by atoms with Gasteiger partial charge in [-0.15, -0.1) is 0 Å². The lowest BCUT2D eigenvalue weighted by atomic mass is 10.4. The highest BCUT2D eigenvalue weighted by Crippen LogP contribution is 2.07. The zero-order valence-electron chi connectivity index (χ0n) is 9.56. The number of anilines is 1. The van der Waals surface area contributed by atoms with Crippen molar-refractivity contribution < 1.29 is 4.79 Å². The Balaban J connectivity index is 2.12. The molecule has 1 amide bonds. The number of H-pyrrole nitrogens is 2. The number of aromatic nitrogens is 4. The summed E-state index contributed by atoms with van der Waals surface area (Å²) in [5.41, 5.74) is -0.122. The highest BCUT2D eigenvalue weighted by molar-refractivity contribution is 5.90. The van der Waals surface area contributed by atoms with Gasteiger partial charge < -0.3 is 5.32 Å². The van der Waals surface area contributed by atoms with Gasteiger partial charge in [0, 0.05) is 17.7 Å². The van der Waals surface area contributed by atoms with Gasteiger partial charge in [0.2, 0.25) is 5.91 Å². The molecule has 2 heterocycles. The van der Waals surface area contributed by atoms with Crippen molar-refractivity contribution in [1.82, 2.24) is 20.0 Å². The molecule has 8 heteroatoms. The quantitative estimate of drug-likeness (QED) is 0.661. The molecule has 94 valence electrons. The van der Waals surface area contributed by atoms with Gasteiger partial charge in [0.05, 0.1) is 6.20 Å². The Hall–Kier alpha value is -2.64. The van der Waals surface area contributed by atoms with Crippen LogP contribution in [0.4, 0.5) is 5.82 Å². The largest absolute Gasteiger partial charge is 0.309 e. The molecule has 0 unspecified atom stereocenters. The third-order valence-corrected chi connectivity index (χ3v) is 2.28. The highest BCUT2D eigenvalue weighted by atomic mass is 16.2.